The van der Waals surface area contributed by atoms with Gasteiger partial charge in [0.1, 0.15) is 0 Å². The van der Waals surface area contributed by atoms with E-state index >= 15 is 0 Å². The Labute approximate surface area is 132 Å². The van der Waals surface area contributed by atoms with Gasteiger partial charge >= 0.3 is 58.4 Å². The molecule has 1 rings (SSSR count). The van der Waals surface area contributed by atoms with Crippen LogP contribution in [0, 0.1) is 0 Å². The van der Waals surface area contributed by atoms with Gasteiger partial charge in [0.15, 0.2) is 0 Å². The maximum Gasteiger partial charge on any atom is 1.00 e. The van der Waals surface area contributed by atoms with Gasteiger partial charge in [-0.1, -0.05) is 17.6 Å². The molecule has 0 atom stereocenters. The Kier molecular flexibility index (Phi) is 6.49. The smallest absolute Gasteiger partial charge is 0.500 e. The maximum absolute atomic E-state index is 12.4. The van der Waals surface area contributed by atoms with Crippen LogP contribution in [0.5, 0.6) is 5.75 Å². The molecule has 0 saturated carbocycles. The zero-order chi connectivity index (χ0) is 11.6. The van der Waals surface area contributed by atoms with Gasteiger partial charge in [-0.25, -0.2) is 8.78 Å². The molecule has 16 heavy (non-hydrogen) atoms. The molecule has 1 aromatic rings. The number of hydrogen-bond acceptors (Lipinski definition) is 1. The second kappa shape index (κ2) is 6.34. The Morgan fingerprint density at radius 2 is 1.75 bits per heavy atom. The van der Waals surface area contributed by atoms with E-state index in [1.54, 1.807) is 0 Å². The molecule has 0 bridgehead atoms. The third-order valence-electron chi connectivity index (χ3n) is 1.86. The van der Waals surface area contributed by atoms with Crippen LogP contribution in [0.2, 0.25) is 0 Å². The SMILES string of the molecule is COc1cc(C(F)F)ccc1[B-](F)(F)F.[K+]. The third-order valence-corrected chi connectivity index (χ3v) is 1.86. The van der Waals surface area contributed by atoms with E-state index in [1.807, 2.05) is 0 Å². The summed E-state index contributed by atoms with van der Waals surface area (Å²) in [6.45, 7) is -5.24. The summed E-state index contributed by atoms with van der Waals surface area (Å²) in [5.74, 6) is -0.569. The number of rotatable bonds is 3. The van der Waals surface area contributed by atoms with Crippen LogP contribution in [-0.2, 0) is 0 Å². The largest absolute Gasteiger partial charge is 1.00 e. The first-order valence-corrected chi connectivity index (χ1v) is 4.02. The molecule has 0 aliphatic heterocycles. The van der Waals surface area contributed by atoms with Crippen molar-refractivity contribution < 1.29 is 77.8 Å². The van der Waals surface area contributed by atoms with E-state index in [4.69, 9.17) is 0 Å². The first-order chi connectivity index (χ1) is 6.86. The summed E-state index contributed by atoms with van der Waals surface area (Å²) in [4.78, 5) is 0. The average molecular weight is 264 g/mol. The van der Waals surface area contributed by atoms with Gasteiger partial charge in [-0.05, 0) is 6.07 Å². The molecule has 84 valence electrons. The predicted molar refractivity (Wildman–Crippen MR) is 46.7 cm³/mol. The van der Waals surface area contributed by atoms with Gasteiger partial charge in [-0.15, -0.1) is 0 Å². The standard InChI is InChI=1S/C8H7BF5O.K/c1-15-7-4-5(8(10)11)2-3-6(7)9(12,13)14;/h2-4,8H,1H3;/q-1;+1. The molecule has 0 unspecified atom stereocenters. The van der Waals surface area contributed by atoms with Gasteiger partial charge in [-0.2, -0.15) is 0 Å². The normalized spacial score (nSPS) is 11.2. The summed E-state index contributed by atoms with van der Waals surface area (Å²) in [5, 5.41) is 0. The van der Waals surface area contributed by atoms with Gasteiger partial charge in [0, 0.05) is 5.56 Å². The van der Waals surface area contributed by atoms with Gasteiger partial charge in [0.05, 0.1) is 12.9 Å². The van der Waals surface area contributed by atoms with Crippen LogP contribution in [0.25, 0.3) is 0 Å². The monoisotopic (exact) mass is 264 g/mol. The molecule has 8 heteroatoms. The summed E-state index contributed by atoms with van der Waals surface area (Å²) in [5.41, 5.74) is -1.49. The van der Waals surface area contributed by atoms with Crippen molar-refractivity contribution in [1.29, 1.82) is 0 Å². The van der Waals surface area contributed by atoms with Crippen molar-refractivity contribution in [3.8, 4) is 5.75 Å². The summed E-state index contributed by atoms with van der Waals surface area (Å²) < 4.78 is 65.9. The molecule has 1 aromatic carbocycles. The van der Waals surface area contributed by atoms with Gasteiger partial charge in [0.2, 0.25) is 0 Å². The molecule has 0 saturated heterocycles. The minimum Gasteiger partial charge on any atom is -0.500 e. The molecule has 0 aliphatic rings. The van der Waals surface area contributed by atoms with E-state index < -0.39 is 30.2 Å². The van der Waals surface area contributed by atoms with Gasteiger partial charge in [0.25, 0.3) is 6.43 Å². The van der Waals surface area contributed by atoms with Gasteiger partial charge in [-0.3, -0.25) is 0 Å². The quantitative estimate of drug-likeness (QED) is 0.537. The second-order valence-corrected chi connectivity index (χ2v) is 2.88. The van der Waals surface area contributed by atoms with Crippen LogP contribution in [-0.4, -0.2) is 14.1 Å². The fourth-order valence-electron chi connectivity index (χ4n) is 1.13. The summed E-state index contributed by atoms with van der Waals surface area (Å²) in [6, 6.07) is 2.06. The maximum atomic E-state index is 12.4. The van der Waals surface area contributed by atoms with E-state index in [0.29, 0.717) is 12.1 Å². The number of alkyl halides is 2. The summed E-state index contributed by atoms with van der Waals surface area (Å²) in [6.07, 6.45) is -2.81. The molecular formula is C8H7BF5KO. The van der Waals surface area contributed by atoms with Crippen LogP contribution < -0.4 is 61.6 Å². The molecule has 0 radical (unpaired) electrons. The Morgan fingerprint density at radius 3 is 2.12 bits per heavy atom. The molecule has 0 aromatic heterocycles. The average Bonchev–Trinajstić information content (AvgIpc) is 2.15. The molecule has 1 nitrogen and oxygen atoms in total. The number of benzene rings is 1. The number of hydrogen-bond donors (Lipinski definition) is 0. The van der Waals surface area contributed by atoms with Crippen LogP contribution in [0.15, 0.2) is 18.2 Å². The van der Waals surface area contributed by atoms with Crippen LogP contribution in [0.4, 0.5) is 21.7 Å². The fraction of sp³-hybridized carbons (Fsp3) is 0.250. The first kappa shape index (κ1) is 16.4. The Morgan fingerprint density at radius 1 is 1.19 bits per heavy atom. The minimum absolute atomic E-state index is 0. The molecular weight excluding hydrogens is 257 g/mol. The molecule has 0 N–H and O–H groups in total. The van der Waals surface area contributed by atoms with E-state index in [0.717, 1.165) is 13.2 Å². The Hall–Kier alpha value is 0.371. The number of halogens is 5. The van der Waals surface area contributed by atoms with Crippen molar-refractivity contribution in [3.05, 3.63) is 23.8 Å². The summed E-state index contributed by atoms with van der Waals surface area (Å²) in [7, 11) is 1.01. The van der Waals surface area contributed by atoms with E-state index in [1.165, 1.54) is 0 Å². The molecule has 0 heterocycles. The van der Waals surface area contributed by atoms with E-state index in [9.17, 15) is 21.7 Å². The van der Waals surface area contributed by atoms with Gasteiger partial charge < -0.3 is 17.7 Å². The minimum atomic E-state index is -5.24. The molecule has 0 amide bonds. The topological polar surface area (TPSA) is 9.23 Å². The Bertz CT molecular complexity index is 355. The summed E-state index contributed by atoms with van der Waals surface area (Å²) >= 11 is 0. The van der Waals surface area contributed by atoms with Crippen LogP contribution in [0.1, 0.15) is 12.0 Å². The number of methoxy groups -OCH3 is 1. The van der Waals surface area contributed by atoms with E-state index in [2.05, 4.69) is 4.74 Å². The van der Waals surface area contributed by atoms with Crippen molar-refractivity contribution in [1.82, 2.24) is 0 Å². The molecule has 0 spiro atoms. The fourth-order valence-corrected chi connectivity index (χ4v) is 1.13. The van der Waals surface area contributed by atoms with Crippen molar-refractivity contribution in [2.24, 2.45) is 0 Å². The Balaban J connectivity index is 0.00000225. The zero-order valence-corrected chi connectivity index (χ0v) is 11.8. The van der Waals surface area contributed by atoms with Crippen molar-refractivity contribution >= 4 is 12.4 Å². The van der Waals surface area contributed by atoms with Crippen LogP contribution in [0.3, 0.4) is 0 Å². The second-order valence-electron chi connectivity index (χ2n) is 2.88. The van der Waals surface area contributed by atoms with E-state index in [-0.39, 0.29) is 51.4 Å². The molecule has 0 fully saturated rings. The third kappa shape index (κ3) is 3.99. The van der Waals surface area contributed by atoms with Crippen LogP contribution >= 0.6 is 0 Å². The number of ether oxygens (including phenoxy) is 1. The van der Waals surface area contributed by atoms with Crippen molar-refractivity contribution in [3.63, 3.8) is 0 Å². The predicted octanol–water partition coefficient (Wildman–Crippen LogP) is -0.309. The van der Waals surface area contributed by atoms with Crippen molar-refractivity contribution in [2.45, 2.75) is 6.43 Å². The molecule has 0 aliphatic carbocycles. The zero-order valence-electron chi connectivity index (χ0n) is 8.68. The first-order valence-electron chi connectivity index (χ1n) is 4.02. The van der Waals surface area contributed by atoms with Crippen molar-refractivity contribution in [2.75, 3.05) is 7.11 Å².